The van der Waals surface area contributed by atoms with E-state index < -0.39 is 0 Å². The van der Waals surface area contributed by atoms with Gasteiger partial charge in [-0.25, -0.2) is 4.98 Å². The molecule has 2 aromatic carbocycles. The number of nitrogens with zero attached hydrogens (tertiary/aromatic N) is 3. The van der Waals surface area contributed by atoms with Gasteiger partial charge in [-0.15, -0.1) is 0 Å². The van der Waals surface area contributed by atoms with Crippen LogP contribution in [0.3, 0.4) is 0 Å². The van der Waals surface area contributed by atoms with E-state index >= 15 is 0 Å². The summed E-state index contributed by atoms with van der Waals surface area (Å²) >= 11 is 0. The molecule has 2 N–H and O–H groups in total. The number of ether oxygens (including phenoxy) is 1. The summed E-state index contributed by atoms with van der Waals surface area (Å²) in [5.74, 6) is 1.73. The first kappa shape index (κ1) is 20.1. The number of pyridine rings is 1. The van der Waals surface area contributed by atoms with E-state index in [9.17, 15) is 4.79 Å². The lowest BCUT2D eigenvalue weighted by Gasteiger charge is -2.19. The van der Waals surface area contributed by atoms with Gasteiger partial charge in [-0.3, -0.25) is 9.78 Å². The van der Waals surface area contributed by atoms with Gasteiger partial charge in [-0.1, -0.05) is 12.1 Å². The van der Waals surface area contributed by atoms with E-state index in [1.807, 2.05) is 25.2 Å². The Hall–Kier alpha value is -3.87. The smallest absolute Gasteiger partial charge is 0.269 e. The van der Waals surface area contributed by atoms with Crippen LogP contribution in [0.5, 0.6) is 11.5 Å². The Balaban J connectivity index is 1.42. The zero-order valence-corrected chi connectivity index (χ0v) is 18.2. The average molecular weight is 428 g/mol. The fourth-order valence-corrected chi connectivity index (χ4v) is 4.24. The number of aromatic nitrogens is 3. The summed E-state index contributed by atoms with van der Waals surface area (Å²) < 4.78 is 8.03. The maximum Gasteiger partial charge on any atom is 0.269 e. The largest absolute Gasteiger partial charge is 0.457 e. The molecule has 2 heterocycles. The molecule has 1 amide bonds. The molecule has 0 saturated carbocycles. The van der Waals surface area contributed by atoms with Crippen molar-refractivity contribution in [3.8, 4) is 11.5 Å². The van der Waals surface area contributed by atoms with Gasteiger partial charge in [0, 0.05) is 38.1 Å². The second-order valence-electron chi connectivity index (χ2n) is 7.98. The van der Waals surface area contributed by atoms with Crippen molar-refractivity contribution in [3.63, 3.8) is 0 Å². The maximum absolute atomic E-state index is 11.8. The molecule has 0 fully saturated rings. The van der Waals surface area contributed by atoms with Crippen LogP contribution in [-0.4, -0.2) is 27.5 Å². The third-order valence-electron chi connectivity index (χ3n) is 5.92. The number of amides is 1. The lowest BCUT2D eigenvalue weighted by molar-refractivity contribution is 0.0958. The molecule has 7 nitrogen and oxygen atoms in total. The first-order valence-corrected chi connectivity index (χ1v) is 10.8. The van der Waals surface area contributed by atoms with Crippen molar-refractivity contribution in [1.82, 2.24) is 19.9 Å². The van der Waals surface area contributed by atoms with Crippen molar-refractivity contribution in [2.24, 2.45) is 7.05 Å². The summed E-state index contributed by atoms with van der Waals surface area (Å²) in [6.45, 7) is 0. The third kappa shape index (κ3) is 3.77. The number of fused-ring (bicyclic) bond motifs is 2. The summed E-state index contributed by atoms with van der Waals surface area (Å²) in [4.78, 5) is 20.7. The van der Waals surface area contributed by atoms with E-state index in [-0.39, 0.29) is 5.91 Å². The van der Waals surface area contributed by atoms with Crippen molar-refractivity contribution in [2.75, 3.05) is 12.4 Å². The van der Waals surface area contributed by atoms with Crippen LogP contribution in [0, 0.1) is 0 Å². The van der Waals surface area contributed by atoms with Crippen LogP contribution in [0.2, 0.25) is 0 Å². The number of aryl methyl sites for hydroxylation is 2. The van der Waals surface area contributed by atoms with Gasteiger partial charge in [0.05, 0.1) is 11.0 Å². The van der Waals surface area contributed by atoms with Crippen molar-refractivity contribution in [2.45, 2.75) is 25.7 Å². The van der Waals surface area contributed by atoms with Crippen LogP contribution < -0.4 is 15.4 Å². The number of imidazole rings is 1. The molecule has 1 aliphatic carbocycles. The monoisotopic (exact) mass is 427 g/mol. The summed E-state index contributed by atoms with van der Waals surface area (Å²) in [6, 6.07) is 15.6. The third-order valence-corrected chi connectivity index (χ3v) is 5.92. The zero-order chi connectivity index (χ0) is 22.1. The lowest BCUT2D eigenvalue weighted by Crippen LogP contribution is -2.18. The summed E-state index contributed by atoms with van der Waals surface area (Å²) in [5, 5.41) is 6.11. The molecule has 32 heavy (non-hydrogen) atoms. The highest BCUT2D eigenvalue weighted by Crippen LogP contribution is 2.32. The molecule has 0 saturated heterocycles. The molecular formula is C25H25N5O2. The molecule has 1 aliphatic rings. The minimum absolute atomic E-state index is 0.255. The summed E-state index contributed by atoms with van der Waals surface area (Å²) in [7, 11) is 3.58. The Morgan fingerprint density at radius 2 is 1.91 bits per heavy atom. The van der Waals surface area contributed by atoms with Crippen LogP contribution in [0.1, 0.15) is 34.5 Å². The van der Waals surface area contributed by atoms with Gasteiger partial charge in [0.15, 0.2) is 0 Å². The Bertz CT molecular complexity index is 1310. The van der Waals surface area contributed by atoms with E-state index in [1.54, 1.807) is 25.4 Å². The molecule has 0 aliphatic heterocycles. The molecule has 0 radical (unpaired) electrons. The van der Waals surface area contributed by atoms with Crippen LogP contribution in [0.4, 0.5) is 11.6 Å². The van der Waals surface area contributed by atoms with Crippen LogP contribution in [0.25, 0.3) is 11.0 Å². The van der Waals surface area contributed by atoms with E-state index in [2.05, 4.69) is 38.4 Å². The minimum atomic E-state index is -0.255. The van der Waals surface area contributed by atoms with Crippen molar-refractivity contribution >= 4 is 28.6 Å². The Morgan fingerprint density at radius 3 is 2.78 bits per heavy atom. The number of rotatable bonds is 5. The maximum atomic E-state index is 11.8. The summed E-state index contributed by atoms with van der Waals surface area (Å²) in [5.41, 5.74) is 6.11. The van der Waals surface area contributed by atoms with E-state index in [1.165, 1.54) is 24.0 Å². The van der Waals surface area contributed by atoms with Gasteiger partial charge in [0.2, 0.25) is 5.95 Å². The van der Waals surface area contributed by atoms with Crippen LogP contribution in [0.15, 0.2) is 54.7 Å². The molecule has 7 heteroatoms. The molecule has 0 unspecified atom stereocenters. The van der Waals surface area contributed by atoms with Crippen molar-refractivity contribution < 1.29 is 9.53 Å². The molecule has 4 aromatic rings. The Kier molecular flexibility index (Phi) is 5.23. The number of hydrogen-bond donors (Lipinski definition) is 2. The predicted octanol–water partition coefficient (Wildman–Crippen LogP) is 4.74. The number of nitrogens with one attached hydrogen (secondary N) is 2. The molecule has 162 valence electrons. The number of benzene rings is 2. The zero-order valence-electron chi connectivity index (χ0n) is 18.2. The van der Waals surface area contributed by atoms with Gasteiger partial charge in [0.25, 0.3) is 5.91 Å². The normalized spacial score (nSPS) is 12.9. The van der Waals surface area contributed by atoms with Gasteiger partial charge < -0.3 is 19.9 Å². The first-order chi connectivity index (χ1) is 15.6. The quantitative estimate of drug-likeness (QED) is 0.481. The van der Waals surface area contributed by atoms with Gasteiger partial charge in [0.1, 0.15) is 17.2 Å². The number of anilines is 2. The molecule has 0 spiro atoms. The number of carbonyl (C=O) groups excluding carboxylic acids is 1. The van der Waals surface area contributed by atoms with Crippen molar-refractivity contribution in [1.29, 1.82) is 0 Å². The van der Waals surface area contributed by atoms with E-state index in [0.29, 0.717) is 17.2 Å². The molecule has 0 bridgehead atoms. The van der Waals surface area contributed by atoms with Crippen molar-refractivity contribution in [3.05, 3.63) is 71.5 Å². The molecule has 0 atom stereocenters. The Morgan fingerprint density at radius 1 is 1.06 bits per heavy atom. The summed E-state index contributed by atoms with van der Waals surface area (Å²) in [6.07, 6.45) is 6.29. The fourth-order valence-electron chi connectivity index (χ4n) is 4.24. The van der Waals surface area contributed by atoms with Gasteiger partial charge in [-0.05, 0) is 61.1 Å². The topological polar surface area (TPSA) is 81.1 Å². The second-order valence-corrected chi connectivity index (χ2v) is 7.98. The highest BCUT2D eigenvalue weighted by molar-refractivity contribution is 5.92. The minimum Gasteiger partial charge on any atom is -0.457 e. The van der Waals surface area contributed by atoms with E-state index in [0.717, 1.165) is 35.5 Å². The fraction of sp³-hybridized carbons (Fsp3) is 0.240. The van der Waals surface area contributed by atoms with Gasteiger partial charge >= 0.3 is 0 Å². The Labute approximate surface area is 186 Å². The van der Waals surface area contributed by atoms with E-state index in [4.69, 9.17) is 9.72 Å². The number of carbonyl (C=O) groups is 1. The number of hydrogen-bond acceptors (Lipinski definition) is 5. The SMILES string of the molecule is CNC(=O)c1cc(Oc2ccc3c(c2)nc(Nc2cccc4c2CCCC4)n3C)ccn1. The highest BCUT2D eigenvalue weighted by atomic mass is 16.5. The highest BCUT2D eigenvalue weighted by Gasteiger charge is 2.16. The predicted molar refractivity (Wildman–Crippen MR) is 125 cm³/mol. The standard InChI is InChI=1S/C25H25N5O2/c1-26-24(31)22-15-18(12-13-27-22)32-17-10-11-23-21(14-17)29-25(30(23)2)28-20-9-5-7-16-6-3-4-8-19(16)20/h5,7,9-15H,3-4,6,8H2,1-2H3,(H,26,31)(H,28,29). The molecule has 2 aromatic heterocycles. The first-order valence-electron chi connectivity index (χ1n) is 10.8. The second kappa shape index (κ2) is 8.34. The van der Waals surface area contributed by atoms with Crippen LogP contribution in [-0.2, 0) is 19.9 Å². The van der Waals surface area contributed by atoms with Gasteiger partial charge in [-0.2, -0.15) is 0 Å². The lowest BCUT2D eigenvalue weighted by atomic mass is 9.90. The molecule has 5 rings (SSSR count). The average Bonchev–Trinajstić information content (AvgIpc) is 3.13. The van der Waals surface area contributed by atoms with Crippen LogP contribution >= 0.6 is 0 Å². The molecular weight excluding hydrogens is 402 g/mol.